The Morgan fingerprint density at radius 1 is 1.04 bits per heavy atom. The van der Waals surface area contributed by atoms with Crippen LogP contribution in [-0.4, -0.2) is 35.2 Å². The summed E-state index contributed by atoms with van der Waals surface area (Å²) in [6.07, 6.45) is 4.86. The predicted octanol–water partition coefficient (Wildman–Crippen LogP) is 2.30. The van der Waals surface area contributed by atoms with Crippen molar-refractivity contribution in [1.82, 2.24) is 15.5 Å². The maximum atomic E-state index is 12.6. The molecule has 0 radical (unpaired) electrons. The topological polar surface area (TPSA) is 96.1 Å². The summed E-state index contributed by atoms with van der Waals surface area (Å²) in [6, 6.07) is 12.4. The smallest absolute Gasteiger partial charge is 0.254 e. The Balaban J connectivity index is 1.47. The van der Waals surface area contributed by atoms with E-state index in [9.17, 15) is 9.59 Å². The molecule has 142 valence electrons. The molecule has 1 unspecified atom stereocenters. The Morgan fingerprint density at radius 3 is 2.54 bits per heavy atom. The lowest BCUT2D eigenvalue weighted by molar-refractivity contribution is -0.117. The third-order valence-corrected chi connectivity index (χ3v) is 4.78. The molecular formula is C21H20N4O3. The van der Waals surface area contributed by atoms with Crippen LogP contribution in [0.4, 0.5) is 5.69 Å². The van der Waals surface area contributed by atoms with Crippen molar-refractivity contribution >= 4 is 17.5 Å². The number of rotatable bonds is 5. The number of hydrogen-bond donors (Lipinski definition) is 3. The standard InChI is InChI=1S/C21H20N4O3/c1-28-16-6-7-18-17(10-16)20(26)25-19(21(27)24-18)9-14-4-2-13(3-5-14)8-15-11-22-23-12-15/h2-7,10-12,19H,8-9H2,1H3,(H,22,23)(H,24,27)(H,25,26). The van der Waals surface area contributed by atoms with Crippen molar-refractivity contribution in [1.29, 1.82) is 0 Å². The highest BCUT2D eigenvalue weighted by molar-refractivity contribution is 6.10. The van der Waals surface area contributed by atoms with Gasteiger partial charge < -0.3 is 15.4 Å². The average molecular weight is 376 g/mol. The average Bonchev–Trinajstić information content (AvgIpc) is 3.18. The summed E-state index contributed by atoms with van der Waals surface area (Å²) in [5.41, 5.74) is 4.11. The summed E-state index contributed by atoms with van der Waals surface area (Å²) in [7, 11) is 1.54. The Hall–Kier alpha value is -3.61. The van der Waals surface area contributed by atoms with Gasteiger partial charge in [-0.2, -0.15) is 5.10 Å². The lowest BCUT2D eigenvalue weighted by atomic mass is 10.0. The van der Waals surface area contributed by atoms with Crippen molar-refractivity contribution in [2.75, 3.05) is 12.4 Å². The third-order valence-electron chi connectivity index (χ3n) is 4.78. The molecule has 1 atom stereocenters. The molecule has 28 heavy (non-hydrogen) atoms. The van der Waals surface area contributed by atoms with Crippen molar-refractivity contribution in [3.05, 3.63) is 77.1 Å². The molecule has 3 N–H and O–H groups in total. The molecule has 1 aromatic heterocycles. The Kier molecular flexibility index (Phi) is 4.80. The van der Waals surface area contributed by atoms with Gasteiger partial charge in [0.1, 0.15) is 11.8 Å². The van der Waals surface area contributed by atoms with E-state index in [0.29, 0.717) is 23.4 Å². The summed E-state index contributed by atoms with van der Waals surface area (Å²) >= 11 is 0. The highest BCUT2D eigenvalue weighted by atomic mass is 16.5. The number of H-pyrrole nitrogens is 1. The fourth-order valence-corrected chi connectivity index (χ4v) is 3.25. The fourth-order valence-electron chi connectivity index (χ4n) is 3.25. The van der Waals surface area contributed by atoms with E-state index < -0.39 is 6.04 Å². The number of anilines is 1. The van der Waals surface area contributed by atoms with Crippen molar-refractivity contribution in [2.24, 2.45) is 0 Å². The molecule has 2 amide bonds. The molecule has 0 spiro atoms. The lowest BCUT2D eigenvalue weighted by Gasteiger charge is -2.15. The number of aromatic nitrogens is 2. The predicted molar refractivity (Wildman–Crippen MR) is 104 cm³/mol. The molecule has 0 aliphatic carbocycles. The summed E-state index contributed by atoms with van der Waals surface area (Å²) in [4.78, 5) is 25.2. The van der Waals surface area contributed by atoms with E-state index in [-0.39, 0.29) is 11.8 Å². The molecule has 7 heteroatoms. The second kappa shape index (κ2) is 7.56. The van der Waals surface area contributed by atoms with Crippen molar-refractivity contribution < 1.29 is 14.3 Å². The maximum Gasteiger partial charge on any atom is 0.254 e. The van der Waals surface area contributed by atoms with Crippen LogP contribution in [0.25, 0.3) is 0 Å². The summed E-state index contributed by atoms with van der Waals surface area (Å²) < 4.78 is 5.17. The number of ether oxygens (including phenoxy) is 1. The van der Waals surface area contributed by atoms with E-state index in [1.165, 1.54) is 7.11 Å². The summed E-state index contributed by atoms with van der Waals surface area (Å²) in [5, 5.41) is 12.4. The van der Waals surface area contributed by atoms with Crippen LogP contribution < -0.4 is 15.4 Å². The van der Waals surface area contributed by atoms with Crippen LogP contribution in [-0.2, 0) is 17.6 Å². The van der Waals surface area contributed by atoms with Gasteiger partial charge in [-0.15, -0.1) is 0 Å². The van der Waals surface area contributed by atoms with Gasteiger partial charge in [-0.1, -0.05) is 24.3 Å². The van der Waals surface area contributed by atoms with Crippen LogP contribution in [0, 0.1) is 0 Å². The minimum Gasteiger partial charge on any atom is -0.497 e. The first-order valence-corrected chi connectivity index (χ1v) is 8.97. The number of hydrogen-bond acceptors (Lipinski definition) is 4. The van der Waals surface area contributed by atoms with Gasteiger partial charge in [-0.05, 0) is 34.9 Å². The molecule has 1 aliphatic rings. The number of fused-ring (bicyclic) bond motifs is 1. The highest BCUT2D eigenvalue weighted by Crippen LogP contribution is 2.24. The van der Waals surface area contributed by atoms with E-state index in [1.54, 1.807) is 24.4 Å². The number of aromatic amines is 1. The number of amides is 2. The molecule has 0 saturated carbocycles. The minimum absolute atomic E-state index is 0.236. The summed E-state index contributed by atoms with van der Waals surface area (Å²) in [5.74, 6) is 0.0309. The second-order valence-corrected chi connectivity index (χ2v) is 6.73. The number of nitrogens with one attached hydrogen (secondary N) is 3. The minimum atomic E-state index is -0.648. The Bertz CT molecular complexity index is 997. The van der Waals surface area contributed by atoms with Crippen molar-refractivity contribution in [3.8, 4) is 5.75 Å². The van der Waals surface area contributed by atoms with Crippen LogP contribution in [0.1, 0.15) is 27.0 Å². The number of nitrogens with zero attached hydrogens (tertiary/aromatic N) is 1. The zero-order chi connectivity index (χ0) is 19.5. The van der Waals surface area contributed by atoms with Crippen LogP contribution in [0.2, 0.25) is 0 Å². The van der Waals surface area contributed by atoms with Crippen molar-refractivity contribution in [2.45, 2.75) is 18.9 Å². The van der Waals surface area contributed by atoms with E-state index in [4.69, 9.17) is 4.74 Å². The molecular weight excluding hydrogens is 356 g/mol. The van der Waals surface area contributed by atoms with Gasteiger partial charge in [0.15, 0.2) is 0 Å². The molecule has 0 fully saturated rings. The Morgan fingerprint density at radius 2 is 1.82 bits per heavy atom. The number of benzene rings is 2. The highest BCUT2D eigenvalue weighted by Gasteiger charge is 2.28. The van der Waals surface area contributed by atoms with Gasteiger partial charge in [0.05, 0.1) is 24.6 Å². The molecule has 2 heterocycles. The zero-order valence-electron chi connectivity index (χ0n) is 15.4. The SMILES string of the molecule is COc1ccc2c(c1)C(=O)NC(Cc1ccc(Cc3cn[nH]c3)cc1)C(=O)N2. The van der Waals surface area contributed by atoms with Crippen LogP contribution in [0.5, 0.6) is 5.75 Å². The van der Waals surface area contributed by atoms with Crippen LogP contribution in [0.15, 0.2) is 54.9 Å². The van der Waals surface area contributed by atoms with Gasteiger partial charge >= 0.3 is 0 Å². The summed E-state index contributed by atoms with van der Waals surface area (Å²) in [6.45, 7) is 0. The number of methoxy groups -OCH3 is 1. The second-order valence-electron chi connectivity index (χ2n) is 6.73. The molecule has 7 nitrogen and oxygen atoms in total. The van der Waals surface area contributed by atoms with E-state index >= 15 is 0 Å². The van der Waals surface area contributed by atoms with Gasteiger partial charge in [0.2, 0.25) is 5.91 Å². The fraction of sp³-hybridized carbons (Fsp3) is 0.190. The van der Waals surface area contributed by atoms with Crippen LogP contribution >= 0.6 is 0 Å². The van der Waals surface area contributed by atoms with Gasteiger partial charge in [-0.25, -0.2) is 0 Å². The van der Waals surface area contributed by atoms with E-state index in [2.05, 4.69) is 20.8 Å². The Labute approximate surface area is 162 Å². The molecule has 2 aromatic carbocycles. The first-order valence-electron chi connectivity index (χ1n) is 8.97. The lowest BCUT2D eigenvalue weighted by Crippen LogP contribution is -2.42. The molecule has 0 saturated heterocycles. The van der Waals surface area contributed by atoms with Gasteiger partial charge in [0, 0.05) is 19.0 Å². The number of carbonyl (C=O) groups excluding carboxylic acids is 2. The molecule has 0 bridgehead atoms. The first kappa shape index (κ1) is 17.8. The quantitative estimate of drug-likeness (QED) is 0.637. The van der Waals surface area contributed by atoms with E-state index in [1.807, 2.05) is 30.5 Å². The molecule has 3 aromatic rings. The van der Waals surface area contributed by atoms with Gasteiger partial charge in [-0.3, -0.25) is 14.7 Å². The largest absolute Gasteiger partial charge is 0.497 e. The number of carbonyl (C=O) groups is 2. The maximum absolute atomic E-state index is 12.6. The van der Waals surface area contributed by atoms with Crippen LogP contribution in [0.3, 0.4) is 0 Å². The normalized spacial score (nSPS) is 16.0. The molecule has 4 rings (SSSR count). The molecule has 1 aliphatic heterocycles. The van der Waals surface area contributed by atoms with Gasteiger partial charge in [0.25, 0.3) is 5.91 Å². The zero-order valence-corrected chi connectivity index (χ0v) is 15.4. The van der Waals surface area contributed by atoms with E-state index in [0.717, 1.165) is 23.1 Å². The first-order chi connectivity index (χ1) is 13.6. The monoisotopic (exact) mass is 376 g/mol. The third kappa shape index (κ3) is 3.73. The van der Waals surface area contributed by atoms with Crippen molar-refractivity contribution in [3.63, 3.8) is 0 Å².